The van der Waals surface area contributed by atoms with Gasteiger partial charge in [-0.1, -0.05) is 61.9 Å². The van der Waals surface area contributed by atoms with Crippen LogP contribution in [0.5, 0.6) is 0 Å². The molecule has 0 spiro atoms. The van der Waals surface area contributed by atoms with Crippen LogP contribution in [0.1, 0.15) is 85.8 Å². The minimum Gasteiger partial charge on any atom is -0.388 e. The lowest BCUT2D eigenvalue weighted by Crippen LogP contribution is -2.21. The van der Waals surface area contributed by atoms with Crippen molar-refractivity contribution in [3.63, 3.8) is 0 Å². The Morgan fingerprint density at radius 1 is 0.946 bits per heavy atom. The molecule has 2 aliphatic rings. The lowest BCUT2D eigenvalue weighted by molar-refractivity contribution is 0.0118. The van der Waals surface area contributed by atoms with Crippen molar-refractivity contribution < 1.29 is 27.8 Å². The number of hydrogen-bond donors (Lipinski definition) is 1. The maximum atomic E-state index is 15.1. The fourth-order valence-corrected chi connectivity index (χ4v) is 5.30. The van der Waals surface area contributed by atoms with Crippen LogP contribution in [-0.2, 0) is 16.1 Å². The van der Waals surface area contributed by atoms with Crippen LogP contribution in [0.25, 0.3) is 11.1 Å². The summed E-state index contributed by atoms with van der Waals surface area (Å²) in [5, 5.41) is 10.1. The van der Waals surface area contributed by atoms with Gasteiger partial charge >= 0.3 is 0 Å². The van der Waals surface area contributed by atoms with Crippen molar-refractivity contribution in [2.75, 3.05) is 6.61 Å². The van der Waals surface area contributed by atoms with Crippen molar-refractivity contribution >= 4 is 0 Å². The summed E-state index contributed by atoms with van der Waals surface area (Å²) in [6, 6.07) is 15.5. The third-order valence-electron chi connectivity index (χ3n) is 7.65. The van der Waals surface area contributed by atoms with Gasteiger partial charge in [-0.3, -0.25) is 0 Å². The second-order valence-electron chi connectivity index (χ2n) is 10.2. The van der Waals surface area contributed by atoms with E-state index in [9.17, 15) is 9.50 Å². The van der Waals surface area contributed by atoms with Gasteiger partial charge in [-0.15, -0.1) is 0 Å². The molecule has 0 aromatic heterocycles. The fourth-order valence-electron chi connectivity index (χ4n) is 5.30. The molecule has 2 atom stereocenters. The Bertz CT molecular complexity index is 1220. The molecule has 2 fully saturated rings. The number of aliphatic hydroxyl groups is 1. The van der Waals surface area contributed by atoms with Crippen molar-refractivity contribution in [2.24, 2.45) is 0 Å². The SMILES string of the molecule is CCCC(O)c1ccc(-c2ccc(C3CCC(OCc4ccc(C5CO5)cc4F)CC3)c(F)c2F)cc1. The van der Waals surface area contributed by atoms with Gasteiger partial charge in [-0.2, -0.15) is 0 Å². The molecule has 0 amide bonds. The average molecular weight is 511 g/mol. The van der Waals surface area contributed by atoms with Crippen LogP contribution in [0.3, 0.4) is 0 Å². The molecule has 0 radical (unpaired) electrons. The minimum atomic E-state index is -0.840. The normalized spacial score (nSPS) is 22.1. The third kappa shape index (κ3) is 5.92. The van der Waals surface area contributed by atoms with E-state index in [0.717, 1.165) is 17.5 Å². The van der Waals surface area contributed by atoms with Crippen molar-refractivity contribution in [1.82, 2.24) is 0 Å². The molecule has 1 aliphatic heterocycles. The molecule has 1 N–H and O–H groups in total. The van der Waals surface area contributed by atoms with Crippen LogP contribution in [0.4, 0.5) is 13.2 Å². The first-order valence-electron chi connectivity index (χ1n) is 13.2. The van der Waals surface area contributed by atoms with E-state index in [4.69, 9.17) is 9.47 Å². The van der Waals surface area contributed by atoms with E-state index in [1.807, 2.05) is 13.0 Å². The first-order chi connectivity index (χ1) is 17.9. The molecule has 37 heavy (non-hydrogen) atoms. The van der Waals surface area contributed by atoms with E-state index in [1.165, 1.54) is 6.07 Å². The predicted molar refractivity (Wildman–Crippen MR) is 137 cm³/mol. The molecule has 196 valence electrons. The molecule has 1 saturated heterocycles. The number of ether oxygens (including phenoxy) is 2. The molecule has 1 heterocycles. The van der Waals surface area contributed by atoms with Gasteiger partial charge in [-0.25, -0.2) is 13.2 Å². The number of epoxide rings is 1. The Morgan fingerprint density at radius 3 is 2.32 bits per heavy atom. The molecule has 2 unspecified atom stereocenters. The molecule has 0 bridgehead atoms. The first kappa shape index (κ1) is 26.0. The molecule has 3 aromatic rings. The van der Waals surface area contributed by atoms with E-state index < -0.39 is 17.7 Å². The fraction of sp³-hybridized carbons (Fsp3) is 0.419. The second kappa shape index (κ2) is 11.4. The number of benzene rings is 3. The summed E-state index contributed by atoms with van der Waals surface area (Å²) in [6.45, 7) is 2.84. The molecular weight excluding hydrogens is 477 g/mol. The van der Waals surface area contributed by atoms with E-state index >= 15 is 8.78 Å². The third-order valence-corrected chi connectivity index (χ3v) is 7.65. The maximum Gasteiger partial charge on any atom is 0.166 e. The highest BCUT2D eigenvalue weighted by Crippen LogP contribution is 2.38. The van der Waals surface area contributed by atoms with E-state index in [0.29, 0.717) is 55.4 Å². The van der Waals surface area contributed by atoms with Crippen LogP contribution in [0, 0.1) is 17.5 Å². The molecule has 1 saturated carbocycles. The van der Waals surface area contributed by atoms with E-state index in [-0.39, 0.29) is 36.1 Å². The Kier molecular flexibility index (Phi) is 7.98. The van der Waals surface area contributed by atoms with Gasteiger partial charge in [0.25, 0.3) is 0 Å². The number of aliphatic hydroxyl groups excluding tert-OH is 1. The van der Waals surface area contributed by atoms with Gasteiger partial charge < -0.3 is 14.6 Å². The molecule has 3 aromatic carbocycles. The highest BCUT2D eigenvalue weighted by molar-refractivity contribution is 5.65. The molecule has 6 heteroatoms. The summed E-state index contributed by atoms with van der Waals surface area (Å²) in [5.41, 5.74) is 3.34. The molecule has 1 aliphatic carbocycles. The van der Waals surface area contributed by atoms with Gasteiger partial charge in [-0.05, 0) is 66.3 Å². The number of hydrogen-bond acceptors (Lipinski definition) is 3. The number of rotatable bonds is 9. The predicted octanol–water partition coefficient (Wildman–Crippen LogP) is 7.92. The Labute approximate surface area is 216 Å². The second-order valence-corrected chi connectivity index (χ2v) is 10.2. The zero-order valence-corrected chi connectivity index (χ0v) is 21.1. The summed E-state index contributed by atoms with van der Waals surface area (Å²) in [6.07, 6.45) is 3.75. The van der Waals surface area contributed by atoms with E-state index in [1.54, 1.807) is 42.5 Å². The largest absolute Gasteiger partial charge is 0.388 e. The highest BCUT2D eigenvalue weighted by Gasteiger charge is 2.28. The molecule has 5 rings (SSSR count). The first-order valence-corrected chi connectivity index (χ1v) is 13.2. The van der Waals surface area contributed by atoms with Gasteiger partial charge in [0.05, 0.1) is 25.4 Å². The molecule has 3 nitrogen and oxygen atoms in total. The minimum absolute atomic E-state index is 0.0177. The lowest BCUT2D eigenvalue weighted by atomic mass is 9.82. The highest BCUT2D eigenvalue weighted by atomic mass is 19.2. The quantitative estimate of drug-likeness (QED) is 0.297. The van der Waals surface area contributed by atoms with E-state index in [2.05, 4.69) is 0 Å². The van der Waals surface area contributed by atoms with Gasteiger partial charge in [0, 0.05) is 11.1 Å². The van der Waals surface area contributed by atoms with Gasteiger partial charge in [0.15, 0.2) is 11.6 Å². The summed E-state index contributed by atoms with van der Waals surface area (Å²) in [4.78, 5) is 0. The van der Waals surface area contributed by atoms with Gasteiger partial charge in [0.1, 0.15) is 11.9 Å². The summed E-state index contributed by atoms with van der Waals surface area (Å²) >= 11 is 0. The Hall–Kier alpha value is -2.67. The van der Waals surface area contributed by atoms with Crippen LogP contribution in [0.15, 0.2) is 54.6 Å². The summed E-state index contributed by atoms with van der Waals surface area (Å²) in [5.74, 6) is -2.00. The molecular formula is C31H33F3O3. The zero-order valence-electron chi connectivity index (χ0n) is 21.1. The van der Waals surface area contributed by atoms with Gasteiger partial charge in [0.2, 0.25) is 0 Å². The lowest BCUT2D eigenvalue weighted by Gasteiger charge is -2.29. The monoisotopic (exact) mass is 510 g/mol. The van der Waals surface area contributed by atoms with Crippen molar-refractivity contribution in [3.8, 4) is 11.1 Å². The van der Waals surface area contributed by atoms with Crippen LogP contribution in [-0.4, -0.2) is 17.8 Å². The van der Waals surface area contributed by atoms with Crippen molar-refractivity contribution in [3.05, 3.63) is 94.3 Å². The Morgan fingerprint density at radius 2 is 1.68 bits per heavy atom. The van der Waals surface area contributed by atoms with Crippen LogP contribution in [0.2, 0.25) is 0 Å². The van der Waals surface area contributed by atoms with Crippen molar-refractivity contribution in [2.45, 2.75) is 76.3 Å². The topological polar surface area (TPSA) is 42.0 Å². The zero-order chi connectivity index (χ0) is 25.9. The van der Waals surface area contributed by atoms with Crippen LogP contribution >= 0.6 is 0 Å². The summed E-state index contributed by atoms with van der Waals surface area (Å²) < 4.78 is 55.8. The summed E-state index contributed by atoms with van der Waals surface area (Å²) in [7, 11) is 0. The average Bonchev–Trinajstić information content (AvgIpc) is 3.76. The maximum absolute atomic E-state index is 15.1. The smallest absolute Gasteiger partial charge is 0.166 e. The van der Waals surface area contributed by atoms with Crippen molar-refractivity contribution in [1.29, 1.82) is 0 Å². The Balaban J connectivity index is 1.18. The number of halogens is 3. The standard InChI is InChI=1S/C31H33F3O3/c1-2-3-28(35)21-6-4-19(5-7-21)25-14-15-26(31(34)30(25)33)20-10-12-24(13-11-20)36-17-23-9-8-22(16-27(23)32)29-18-37-29/h4-9,14-16,20,24,28-29,35H,2-3,10-13,17-18H2,1H3. The van der Waals surface area contributed by atoms with Crippen LogP contribution < -0.4 is 0 Å².